The molecule has 3 heteroatoms. The molecule has 3 aromatic heterocycles. The first-order valence-electron chi connectivity index (χ1n) is 11.0. The maximum Gasteiger partial charge on any atom is 0.138 e. The molecule has 0 fully saturated rings. The van der Waals surface area contributed by atoms with Gasteiger partial charge in [-0.15, -0.1) is 11.3 Å². The second kappa shape index (κ2) is 7.04. The number of pyridine rings is 1. The molecule has 0 saturated carbocycles. The van der Waals surface area contributed by atoms with Gasteiger partial charge in [0.2, 0.25) is 0 Å². The highest BCUT2D eigenvalue weighted by Crippen LogP contribution is 2.43. The molecule has 6 rings (SSSR count). The van der Waals surface area contributed by atoms with Gasteiger partial charge in [-0.25, -0.2) is 4.98 Å². The molecule has 0 bridgehead atoms. The fourth-order valence-corrected chi connectivity index (χ4v) is 5.71. The van der Waals surface area contributed by atoms with Crippen molar-refractivity contribution in [1.82, 2.24) is 9.55 Å². The van der Waals surface area contributed by atoms with E-state index in [-0.39, 0.29) is 5.41 Å². The largest absolute Gasteiger partial charge is 0.292 e. The molecule has 0 amide bonds. The van der Waals surface area contributed by atoms with Crippen molar-refractivity contribution in [1.29, 1.82) is 0 Å². The predicted octanol–water partition coefficient (Wildman–Crippen LogP) is 8.36. The van der Waals surface area contributed by atoms with Crippen LogP contribution in [0.1, 0.15) is 26.3 Å². The maximum atomic E-state index is 5.13. The van der Waals surface area contributed by atoms with Gasteiger partial charge in [-0.2, -0.15) is 0 Å². The summed E-state index contributed by atoms with van der Waals surface area (Å²) >= 11 is 1.87. The van der Waals surface area contributed by atoms with Crippen molar-refractivity contribution in [3.63, 3.8) is 0 Å². The first-order chi connectivity index (χ1) is 15.5. The van der Waals surface area contributed by atoms with Gasteiger partial charge in [0.1, 0.15) is 5.82 Å². The highest BCUT2D eigenvalue weighted by molar-refractivity contribution is 7.26. The Hall–Kier alpha value is -3.43. The van der Waals surface area contributed by atoms with Gasteiger partial charge in [-0.1, -0.05) is 87.5 Å². The Morgan fingerprint density at radius 3 is 2.34 bits per heavy atom. The van der Waals surface area contributed by atoms with Crippen LogP contribution in [0, 0.1) is 0 Å². The van der Waals surface area contributed by atoms with Crippen molar-refractivity contribution < 1.29 is 0 Å². The fraction of sp³-hybridized carbons (Fsp3) is 0.138. The van der Waals surface area contributed by atoms with E-state index in [1.807, 2.05) is 17.4 Å². The summed E-state index contributed by atoms with van der Waals surface area (Å²) in [6.07, 6.45) is 0. The van der Waals surface area contributed by atoms with Gasteiger partial charge < -0.3 is 0 Å². The third-order valence-electron chi connectivity index (χ3n) is 6.18. The number of aromatic nitrogens is 2. The Kier molecular flexibility index (Phi) is 4.24. The first kappa shape index (κ1) is 19.3. The lowest BCUT2D eigenvalue weighted by atomic mass is 9.87. The van der Waals surface area contributed by atoms with E-state index in [0.29, 0.717) is 0 Å². The van der Waals surface area contributed by atoms with Gasteiger partial charge in [0.05, 0.1) is 21.4 Å². The van der Waals surface area contributed by atoms with Gasteiger partial charge in [-0.3, -0.25) is 4.57 Å². The summed E-state index contributed by atoms with van der Waals surface area (Å²) in [4.78, 5) is 5.13. The zero-order valence-electron chi connectivity index (χ0n) is 18.5. The second-order valence-corrected chi connectivity index (χ2v) is 10.4. The van der Waals surface area contributed by atoms with Crippen molar-refractivity contribution in [2.45, 2.75) is 26.2 Å². The number of hydrogen-bond acceptors (Lipinski definition) is 2. The highest BCUT2D eigenvalue weighted by atomic mass is 32.1. The average molecular weight is 433 g/mol. The lowest BCUT2D eigenvalue weighted by Gasteiger charge is -2.19. The molecule has 0 aliphatic rings. The zero-order chi connectivity index (χ0) is 21.9. The van der Waals surface area contributed by atoms with Gasteiger partial charge >= 0.3 is 0 Å². The van der Waals surface area contributed by atoms with E-state index in [9.17, 15) is 0 Å². The van der Waals surface area contributed by atoms with Crippen LogP contribution in [-0.2, 0) is 5.41 Å². The second-order valence-electron chi connectivity index (χ2n) is 9.34. The van der Waals surface area contributed by atoms with Crippen molar-refractivity contribution in [2.75, 3.05) is 0 Å². The van der Waals surface area contributed by atoms with Crippen LogP contribution < -0.4 is 0 Å². The number of hydrogen-bond donors (Lipinski definition) is 0. The van der Waals surface area contributed by atoms with Crippen molar-refractivity contribution >= 4 is 42.5 Å². The van der Waals surface area contributed by atoms with Crippen molar-refractivity contribution in [2.24, 2.45) is 0 Å². The summed E-state index contributed by atoms with van der Waals surface area (Å²) in [5, 5.41) is 2.58. The Bertz CT molecular complexity index is 1600. The molecule has 2 nitrogen and oxygen atoms in total. The zero-order valence-corrected chi connectivity index (χ0v) is 19.3. The average Bonchev–Trinajstić information content (AvgIpc) is 3.33. The van der Waals surface area contributed by atoms with Crippen molar-refractivity contribution in [3.8, 4) is 17.1 Å². The molecule has 0 unspecified atom stereocenters. The van der Waals surface area contributed by atoms with E-state index in [2.05, 4.69) is 110 Å². The fourth-order valence-electron chi connectivity index (χ4n) is 4.49. The van der Waals surface area contributed by atoms with Crippen LogP contribution in [0.3, 0.4) is 0 Å². The minimum atomic E-state index is 0.0814. The third kappa shape index (κ3) is 2.96. The number of nitrogens with zero attached hydrogens (tertiary/aromatic N) is 2. The van der Waals surface area contributed by atoms with Gasteiger partial charge in [0.15, 0.2) is 0 Å². The lowest BCUT2D eigenvalue weighted by Crippen LogP contribution is -2.11. The van der Waals surface area contributed by atoms with E-state index < -0.39 is 0 Å². The molecule has 6 aromatic rings. The number of fused-ring (bicyclic) bond motifs is 5. The molecule has 156 valence electrons. The van der Waals surface area contributed by atoms with E-state index in [4.69, 9.17) is 4.98 Å². The smallest absolute Gasteiger partial charge is 0.138 e. The van der Waals surface area contributed by atoms with Gasteiger partial charge in [-0.05, 0) is 35.2 Å². The highest BCUT2D eigenvalue weighted by Gasteiger charge is 2.21. The maximum absolute atomic E-state index is 5.13. The van der Waals surface area contributed by atoms with Crippen LogP contribution in [0.25, 0.3) is 48.3 Å². The van der Waals surface area contributed by atoms with E-state index in [1.165, 1.54) is 36.8 Å². The first-order valence-corrected chi connectivity index (χ1v) is 11.8. The van der Waals surface area contributed by atoms with Gasteiger partial charge in [0.25, 0.3) is 0 Å². The summed E-state index contributed by atoms with van der Waals surface area (Å²) in [5.74, 6) is 0.959. The van der Waals surface area contributed by atoms with Gasteiger partial charge in [0, 0.05) is 21.0 Å². The minimum absolute atomic E-state index is 0.0814. The molecule has 0 atom stereocenters. The topological polar surface area (TPSA) is 17.8 Å². The van der Waals surface area contributed by atoms with Crippen LogP contribution in [0.15, 0.2) is 91.0 Å². The SMILES string of the molecule is CC(C)(C)c1ccc2c3sc4ccccc4c3n(-c3cccc(-c4ccccc4)n3)c2c1. The molecule has 0 spiro atoms. The molecular weight excluding hydrogens is 408 g/mol. The molecule has 0 aliphatic carbocycles. The molecule has 0 radical (unpaired) electrons. The van der Waals surface area contributed by atoms with Crippen LogP contribution >= 0.6 is 11.3 Å². The summed E-state index contributed by atoms with van der Waals surface area (Å²) in [7, 11) is 0. The minimum Gasteiger partial charge on any atom is -0.292 e. The molecule has 32 heavy (non-hydrogen) atoms. The van der Waals surface area contributed by atoms with E-state index in [1.54, 1.807) is 0 Å². The van der Waals surface area contributed by atoms with Crippen LogP contribution in [-0.4, -0.2) is 9.55 Å². The Morgan fingerprint density at radius 1 is 0.750 bits per heavy atom. The summed E-state index contributed by atoms with van der Waals surface area (Å²) in [6, 6.07) is 32.4. The summed E-state index contributed by atoms with van der Waals surface area (Å²) in [5.41, 5.74) is 6.02. The summed E-state index contributed by atoms with van der Waals surface area (Å²) < 4.78 is 5.01. The third-order valence-corrected chi connectivity index (χ3v) is 7.37. The number of thiophene rings is 1. The van der Waals surface area contributed by atoms with Crippen molar-refractivity contribution in [3.05, 3.63) is 96.6 Å². The number of rotatable bonds is 2. The van der Waals surface area contributed by atoms with Crippen LogP contribution in [0.2, 0.25) is 0 Å². The molecular formula is C29H24N2S. The molecule has 3 heterocycles. The Morgan fingerprint density at radius 2 is 1.53 bits per heavy atom. The molecule has 0 aliphatic heterocycles. The summed E-state index contributed by atoms with van der Waals surface area (Å²) in [6.45, 7) is 6.81. The molecule has 0 saturated heterocycles. The Balaban J connectivity index is 1.72. The quantitative estimate of drug-likeness (QED) is 0.269. The van der Waals surface area contributed by atoms with Crippen LogP contribution in [0.4, 0.5) is 0 Å². The molecule has 3 aromatic carbocycles. The Labute approximate surface area is 191 Å². The molecule has 0 N–H and O–H groups in total. The standard InChI is InChI=1S/C29H24N2S/c1-29(2,3)20-16-17-21-24(18-20)31(27-22-12-7-8-14-25(22)32-28(21)27)26-15-9-13-23(30-26)19-10-5-4-6-11-19/h4-18H,1-3H3. The van der Waals surface area contributed by atoms with E-state index in [0.717, 1.165) is 17.1 Å². The predicted molar refractivity (Wildman–Crippen MR) is 138 cm³/mol. The monoisotopic (exact) mass is 432 g/mol. The lowest BCUT2D eigenvalue weighted by molar-refractivity contribution is 0.591. The number of benzene rings is 3. The van der Waals surface area contributed by atoms with E-state index >= 15 is 0 Å². The van der Waals surface area contributed by atoms with Crippen LogP contribution in [0.5, 0.6) is 0 Å². The normalized spacial score (nSPS) is 12.2.